The van der Waals surface area contributed by atoms with Crippen molar-refractivity contribution in [2.75, 3.05) is 17.1 Å². The van der Waals surface area contributed by atoms with E-state index in [9.17, 15) is 18.0 Å². The van der Waals surface area contributed by atoms with Crippen LogP contribution in [0.25, 0.3) is 0 Å². The zero-order valence-electron chi connectivity index (χ0n) is 28.2. The van der Waals surface area contributed by atoms with Crippen molar-refractivity contribution in [3.05, 3.63) is 101 Å². The first kappa shape index (κ1) is 33.3. The molecule has 0 aromatic heterocycles. The summed E-state index contributed by atoms with van der Waals surface area (Å²) in [6.45, 7) is 5.54. The molecule has 4 aliphatic carbocycles. The largest absolute Gasteiger partial charge is 0.352 e. The van der Waals surface area contributed by atoms with Crippen LogP contribution in [0.1, 0.15) is 74.6 Å². The summed E-state index contributed by atoms with van der Waals surface area (Å²) < 4.78 is 27.8. The number of nitrogens with zero attached hydrogens (tertiary/aromatic N) is 2. The molecule has 3 aromatic carbocycles. The molecule has 4 aliphatic rings. The number of rotatable bonds is 12. The lowest BCUT2D eigenvalue weighted by Gasteiger charge is -2.57. The monoisotopic (exact) mass is 655 g/mol. The maximum atomic E-state index is 14.4. The molecule has 8 heteroatoms. The van der Waals surface area contributed by atoms with Crippen molar-refractivity contribution in [3.63, 3.8) is 0 Å². The van der Waals surface area contributed by atoms with E-state index in [0.717, 1.165) is 40.7 Å². The first-order chi connectivity index (χ1) is 22.4. The van der Waals surface area contributed by atoms with Crippen molar-refractivity contribution >= 4 is 27.5 Å². The predicted octanol–water partition coefficient (Wildman–Crippen LogP) is 6.39. The van der Waals surface area contributed by atoms with Gasteiger partial charge in [-0.25, -0.2) is 8.42 Å². The van der Waals surface area contributed by atoms with Gasteiger partial charge in [0.05, 0.1) is 11.9 Å². The van der Waals surface area contributed by atoms with E-state index in [2.05, 4.69) is 17.4 Å². The lowest BCUT2D eigenvalue weighted by atomic mass is 9.48. The standard InChI is InChI=1S/C39H49N3O4S/c1-27(2)40-38(44)36(21-29-10-6-5-7-11-29)41(25-30-12-8-9-28(3)17-30)37(43)26-42(47(4,45)46)35-15-13-34(14-16-35)39-22-31-18-32(23-39)20-33(19-31)24-39/h5-17,27,31-33,36H,18-26H2,1-4H3,(H,40,44)/t31?,32?,33?,36-,39?/m0/s1. The molecule has 7 nitrogen and oxygen atoms in total. The maximum Gasteiger partial charge on any atom is 0.244 e. The van der Waals surface area contributed by atoms with Gasteiger partial charge in [-0.1, -0.05) is 72.3 Å². The van der Waals surface area contributed by atoms with E-state index in [-0.39, 0.29) is 23.9 Å². The van der Waals surface area contributed by atoms with E-state index >= 15 is 0 Å². The number of carbonyl (C=O) groups is 2. The number of amides is 2. The van der Waals surface area contributed by atoms with Crippen LogP contribution in [0.4, 0.5) is 5.69 Å². The number of aryl methyl sites for hydroxylation is 1. The summed E-state index contributed by atoms with van der Waals surface area (Å²) in [6, 6.07) is 24.5. The lowest BCUT2D eigenvalue weighted by molar-refractivity contribution is -0.140. The van der Waals surface area contributed by atoms with Crippen LogP contribution in [0.2, 0.25) is 0 Å². The van der Waals surface area contributed by atoms with Crippen LogP contribution in [0.15, 0.2) is 78.9 Å². The quantitative estimate of drug-likeness (QED) is 0.245. The summed E-state index contributed by atoms with van der Waals surface area (Å²) >= 11 is 0. The Kier molecular flexibility index (Phi) is 9.52. The van der Waals surface area contributed by atoms with Crippen molar-refractivity contribution in [3.8, 4) is 0 Å². The zero-order valence-corrected chi connectivity index (χ0v) is 29.0. The molecule has 7 rings (SSSR count). The second kappa shape index (κ2) is 13.5. The Balaban J connectivity index is 1.31. The number of benzene rings is 3. The van der Waals surface area contributed by atoms with Gasteiger partial charge in [-0.15, -0.1) is 0 Å². The van der Waals surface area contributed by atoms with Gasteiger partial charge < -0.3 is 10.2 Å². The molecular weight excluding hydrogens is 607 g/mol. The summed E-state index contributed by atoms with van der Waals surface area (Å²) in [7, 11) is -3.82. The second-order valence-corrected chi connectivity index (χ2v) is 16.8. The first-order valence-corrected chi connectivity index (χ1v) is 19.0. The molecule has 250 valence electrons. The minimum absolute atomic E-state index is 0.128. The summed E-state index contributed by atoms with van der Waals surface area (Å²) in [6.07, 6.45) is 9.20. The van der Waals surface area contributed by atoms with E-state index in [1.807, 2.05) is 87.5 Å². The molecule has 3 aromatic rings. The number of carbonyl (C=O) groups excluding carboxylic acids is 2. The van der Waals surface area contributed by atoms with Crippen LogP contribution < -0.4 is 9.62 Å². The highest BCUT2D eigenvalue weighted by Gasteiger charge is 2.51. The van der Waals surface area contributed by atoms with Gasteiger partial charge in [0.1, 0.15) is 12.6 Å². The molecule has 47 heavy (non-hydrogen) atoms. The fourth-order valence-corrected chi connectivity index (χ4v) is 9.85. The Morgan fingerprint density at radius 2 is 1.45 bits per heavy atom. The zero-order chi connectivity index (χ0) is 33.3. The van der Waals surface area contributed by atoms with Gasteiger partial charge >= 0.3 is 0 Å². The molecule has 4 bridgehead atoms. The first-order valence-electron chi connectivity index (χ1n) is 17.2. The van der Waals surface area contributed by atoms with Crippen molar-refractivity contribution in [1.29, 1.82) is 0 Å². The minimum atomic E-state index is -3.82. The molecule has 0 radical (unpaired) electrons. The van der Waals surface area contributed by atoms with Crippen LogP contribution in [0.3, 0.4) is 0 Å². The maximum absolute atomic E-state index is 14.4. The van der Waals surface area contributed by atoms with E-state index in [1.54, 1.807) is 4.90 Å². The lowest BCUT2D eigenvalue weighted by Crippen LogP contribution is -2.54. The number of hydrogen-bond donors (Lipinski definition) is 1. The molecule has 1 atom stereocenters. The molecule has 0 spiro atoms. The number of anilines is 1. The highest BCUT2D eigenvalue weighted by atomic mass is 32.2. The third kappa shape index (κ3) is 7.58. The number of sulfonamides is 1. The van der Waals surface area contributed by atoms with Crippen LogP contribution in [0.5, 0.6) is 0 Å². The van der Waals surface area contributed by atoms with Gasteiger partial charge in [-0.3, -0.25) is 13.9 Å². The minimum Gasteiger partial charge on any atom is -0.352 e. The summed E-state index contributed by atoms with van der Waals surface area (Å²) in [4.78, 5) is 29.8. The molecule has 4 fully saturated rings. The molecule has 4 saturated carbocycles. The predicted molar refractivity (Wildman–Crippen MR) is 187 cm³/mol. The van der Waals surface area contributed by atoms with Gasteiger partial charge in [0.15, 0.2) is 0 Å². The van der Waals surface area contributed by atoms with E-state index in [0.29, 0.717) is 12.1 Å². The topological polar surface area (TPSA) is 86.8 Å². The van der Waals surface area contributed by atoms with Crippen LogP contribution in [-0.2, 0) is 38.0 Å². The van der Waals surface area contributed by atoms with E-state index < -0.39 is 28.5 Å². The van der Waals surface area contributed by atoms with Gasteiger partial charge in [0.2, 0.25) is 21.8 Å². The molecule has 0 unspecified atom stereocenters. The second-order valence-electron chi connectivity index (χ2n) is 14.9. The summed E-state index contributed by atoms with van der Waals surface area (Å²) in [5, 5.41) is 3.01. The number of nitrogens with one attached hydrogen (secondary N) is 1. The third-order valence-electron chi connectivity index (χ3n) is 10.6. The fourth-order valence-electron chi connectivity index (χ4n) is 9.00. The van der Waals surface area contributed by atoms with Crippen LogP contribution in [-0.4, -0.2) is 50.0 Å². The number of hydrogen-bond acceptors (Lipinski definition) is 4. The molecular formula is C39H49N3O4S. The van der Waals surface area contributed by atoms with Gasteiger partial charge in [0, 0.05) is 19.0 Å². The Bertz CT molecular complexity index is 1650. The van der Waals surface area contributed by atoms with Crippen molar-refractivity contribution in [2.45, 2.75) is 89.8 Å². The molecule has 0 saturated heterocycles. The van der Waals surface area contributed by atoms with Crippen molar-refractivity contribution in [2.24, 2.45) is 17.8 Å². The Morgan fingerprint density at radius 3 is 2.00 bits per heavy atom. The van der Waals surface area contributed by atoms with Gasteiger partial charge in [-0.2, -0.15) is 0 Å². The van der Waals surface area contributed by atoms with Crippen LogP contribution in [0, 0.1) is 24.7 Å². The average molecular weight is 656 g/mol. The summed E-state index contributed by atoms with van der Waals surface area (Å²) in [5.41, 5.74) is 4.79. The Hall–Kier alpha value is -3.65. The smallest absolute Gasteiger partial charge is 0.244 e. The van der Waals surface area contributed by atoms with E-state index in [4.69, 9.17) is 0 Å². The van der Waals surface area contributed by atoms with Gasteiger partial charge in [0.25, 0.3) is 0 Å². The Morgan fingerprint density at radius 1 is 0.851 bits per heavy atom. The highest BCUT2D eigenvalue weighted by Crippen LogP contribution is 2.60. The fraction of sp³-hybridized carbons (Fsp3) is 0.487. The van der Waals surface area contributed by atoms with Gasteiger partial charge in [-0.05, 0) is 111 Å². The SMILES string of the molecule is Cc1cccc(CN(C(=O)CN(c2ccc(C34CC5CC(CC(C5)C3)C4)cc2)S(C)(=O)=O)[C@@H](Cc2ccccc2)C(=O)NC(C)C)c1. The van der Waals surface area contributed by atoms with Crippen molar-refractivity contribution < 1.29 is 18.0 Å². The van der Waals surface area contributed by atoms with E-state index in [1.165, 1.54) is 48.4 Å². The Labute approximate surface area is 280 Å². The van der Waals surface area contributed by atoms with Crippen molar-refractivity contribution in [1.82, 2.24) is 10.2 Å². The van der Waals surface area contributed by atoms with Crippen LogP contribution >= 0.6 is 0 Å². The summed E-state index contributed by atoms with van der Waals surface area (Å²) in [5.74, 6) is 1.73. The highest BCUT2D eigenvalue weighted by molar-refractivity contribution is 7.92. The molecule has 0 aliphatic heterocycles. The normalized spacial score (nSPS) is 23.8. The molecule has 2 amide bonds. The average Bonchev–Trinajstić information content (AvgIpc) is 3.00. The third-order valence-corrected chi connectivity index (χ3v) is 11.8. The molecule has 1 N–H and O–H groups in total. The molecule has 0 heterocycles.